The lowest BCUT2D eigenvalue weighted by Crippen LogP contribution is -2.05. The Labute approximate surface area is 154 Å². The topological polar surface area (TPSA) is 63.0 Å². The van der Waals surface area contributed by atoms with Crippen molar-refractivity contribution >= 4 is 52.5 Å². The second kappa shape index (κ2) is 8.16. The molecule has 23 heavy (non-hydrogen) atoms. The third-order valence-electron chi connectivity index (χ3n) is 2.97. The molecule has 0 bridgehead atoms. The minimum Gasteiger partial charge on any atom is -0.467 e. The second-order valence-corrected chi connectivity index (χ2v) is 6.03. The van der Waals surface area contributed by atoms with E-state index in [1.807, 2.05) is 49.4 Å². The summed E-state index contributed by atoms with van der Waals surface area (Å²) < 4.78 is 6.49. The Morgan fingerprint density at radius 3 is 2.61 bits per heavy atom. The normalized spacial score (nSPS) is 10.0. The van der Waals surface area contributed by atoms with Crippen LogP contribution in [0.1, 0.15) is 11.5 Å². The van der Waals surface area contributed by atoms with Gasteiger partial charge in [-0.25, -0.2) is 4.98 Å². The molecule has 5 nitrogen and oxygen atoms in total. The van der Waals surface area contributed by atoms with Gasteiger partial charge in [-0.15, -0.1) is 12.4 Å². The quantitative estimate of drug-likeness (QED) is 0.558. The first kappa shape index (κ1) is 17.6. The van der Waals surface area contributed by atoms with Crippen LogP contribution in [0, 0.1) is 10.5 Å². The summed E-state index contributed by atoms with van der Waals surface area (Å²) in [5.74, 6) is 2.18. The van der Waals surface area contributed by atoms with Gasteiger partial charge in [0.25, 0.3) is 0 Å². The molecule has 0 saturated heterocycles. The van der Waals surface area contributed by atoms with Gasteiger partial charge < -0.3 is 15.1 Å². The van der Waals surface area contributed by atoms with Crippen molar-refractivity contribution in [3.8, 4) is 0 Å². The monoisotopic (exact) mass is 442 g/mol. The van der Waals surface area contributed by atoms with Crippen LogP contribution < -0.4 is 10.6 Å². The van der Waals surface area contributed by atoms with Gasteiger partial charge in [0.1, 0.15) is 11.6 Å². The molecule has 0 aliphatic carbocycles. The van der Waals surface area contributed by atoms with Gasteiger partial charge in [-0.1, -0.05) is 0 Å². The first-order valence-corrected chi connectivity index (χ1v) is 7.91. The number of halogens is 2. The number of furan rings is 1. The smallest absolute Gasteiger partial charge is 0.225 e. The number of aryl methyl sites for hydroxylation is 1. The molecule has 0 fully saturated rings. The number of hydrogen-bond donors (Lipinski definition) is 2. The van der Waals surface area contributed by atoms with Crippen molar-refractivity contribution in [3.05, 3.63) is 63.8 Å². The fourth-order valence-corrected chi connectivity index (χ4v) is 2.33. The highest BCUT2D eigenvalue weighted by molar-refractivity contribution is 14.1. The van der Waals surface area contributed by atoms with Crippen molar-refractivity contribution in [2.75, 3.05) is 10.6 Å². The van der Waals surface area contributed by atoms with E-state index in [0.29, 0.717) is 12.5 Å². The summed E-state index contributed by atoms with van der Waals surface area (Å²) in [5, 5.41) is 6.45. The minimum atomic E-state index is 0. The largest absolute Gasteiger partial charge is 0.467 e. The van der Waals surface area contributed by atoms with Crippen LogP contribution in [0.5, 0.6) is 0 Å². The molecule has 0 spiro atoms. The summed E-state index contributed by atoms with van der Waals surface area (Å²) in [4.78, 5) is 8.86. The lowest BCUT2D eigenvalue weighted by molar-refractivity contribution is 0.517. The van der Waals surface area contributed by atoms with Gasteiger partial charge in [0, 0.05) is 21.0 Å². The van der Waals surface area contributed by atoms with E-state index in [1.54, 1.807) is 6.26 Å². The number of nitrogens with zero attached hydrogens (tertiary/aromatic N) is 2. The first-order chi connectivity index (χ1) is 10.7. The van der Waals surface area contributed by atoms with Crippen LogP contribution in [0.15, 0.2) is 53.1 Å². The molecule has 0 saturated carbocycles. The van der Waals surface area contributed by atoms with E-state index in [2.05, 4.69) is 43.2 Å². The molecule has 2 N–H and O–H groups in total. The summed E-state index contributed by atoms with van der Waals surface area (Å²) in [6.07, 6.45) is 1.65. The van der Waals surface area contributed by atoms with Crippen LogP contribution in [-0.2, 0) is 6.54 Å². The van der Waals surface area contributed by atoms with E-state index in [1.165, 1.54) is 3.57 Å². The Morgan fingerprint density at radius 2 is 1.91 bits per heavy atom. The van der Waals surface area contributed by atoms with Crippen LogP contribution >= 0.6 is 35.0 Å². The van der Waals surface area contributed by atoms with E-state index >= 15 is 0 Å². The number of benzene rings is 1. The first-order valence-electron chi connectivity index (χ1n) is 6.83. The van der Waals surface area contributed by atoms with E-state index in [4.69, 9.17) is 4.42 Å². The zero-order valence-corrected chi connectivity index (χ0v) is 15.4. The number of anilines is 3. The van der Waals surface area contributed by atoms with E-state index in [-0.39, 0.29) is 12.4 Å². The number of rotatable bonds is 5. The van der Waals surface area contributed by atoms with Gasteiger partial charge in [-0.05, 0) is 65.9 Å². The lowest BCUT2D eigenvalue weighted by Gasteiger charge is -2.09. The van der Waals surface area contributed by atoms with Crippen LogP contribution in [-0.4, -0.2) is 9.97 Å². The molecule has 0 amide bonds. The molecule has 0 radical (unpaired) electrons. The van der Waals surface area contributed by atoms with E-state index in [0.717, 1.165) is 23.0 Å². The molecular formula is C16H16ClIN4O. The van der Waals surface area contributed by atoms with Gasteiger partial charge in [-0.2, -0.15) is 4.98 Å². The van der Waals surface area contributed by atoms with E-state index < -0.39 is 0 Å². The Balaban J connectivity index is 0.00000192. The molecule has 120 valence electrons. The minimum absolute atomic E-state index is 0. The standard InChI is InChI=1S/C16H15IN4O.ClH/c1-11-9-15(20-13-6-4-12(17)5-7-13)21-16(19-11)18-10-14-3-2-8-22-14;/h2-9H,10H2,1H3,(H2,18,19,20,21);1H. The SMILES string of the molecule is Cc1cc(Nc2ccc(I)cc2)nc(NCc2ccco2)n1.Cl. The Hall–Kier alpha value is -1.80. The number of aromatic nitrogens is 2. The molecule has 0 aliphatic heterocycles. The molecule has 0 aliphatic rings. The van der Waals surface area contributed by atoms with E-state index in [9.17, 15) is 0 Å². The Bertz CT molecular complexity index is 747. The van der Waals surface area contributed by atoms with Gasteiger partial charge in [0.2, 0.25) is 5.95 Å². The predicted octanol–water partition coefficient (Wildman–Crippen LogP) is 4.76. The van der Waals surface area contributed by atoms with Gasteiger partial charge in [0.15, 0.2) is 0 Å². The molecule has 3 rings (SSSR count). The second-order valence-electron chi connectivity index (χ2n) is 4.78. The third-order valence-corrected chi connectivity index (χ3v) is 3.69. The molecule has 2 heterocycles. The van der Waals surface area contributed by atoms with Crippen LogP contribution in [0.2, 0.25) is 0 Å². The van der Waals surface area contributed by atoms with Crippen molar-refractivity contribution in [2.24, 2.45) is 0 Å². The van der Waals surface area contributed by atoms with Crippen molar-refractivity contribution in [1.29, 1.82) is 0 Å². The molecular weight excluding hydrogens is 427 g/mol. The predicted molar refractivity (Wildman–Crippen MR) is 102 cm³/mol. The highest BCUT2D eigenvalue weighted by Crippen LogP contribution is 2.18. The number of nitrogens with one attached hydrogen (secondary N) is 2. The summed E-state index contributed by atoms with van der Waals surface area (Å²) in [6, 6.07) is 13.8. The molecule has 1 aromatic carbocycles. The lowest BCUT2D eigenvalue weighted by atomic mass is 10.3. The van der Waals surface area contributed by atoms with Gasteiger partial charge in [-0.3, -0.25) is 0 Å². The maximum Gasteiger partial charge on any atom is 0.225 e. The van der Waals surface area contributed by atoms with Crippen molar-refractivity contribution < 1.29 is 4.42 Å². The summed E-state index contributed by atoms with van der Waals surface area (Å²) in [6.45, 7) is 2.50. The molecule has 2 aromatic heterocycles. The van der Waals surface area contributed by atoms with Gasteiger partial charge in [0.05, 0.1) is 12.8 Å². The van der Waals surface area contributed by atoms with Crippen LogP contribution in [0.4, 0.5) is 17.5 Å². The average molecular weight is 443 g/mol. The number of hydrogen-bond acceptors (Lipinski definition) is 5. The highest BCUT2D eigenvalue weighted by atomic mass is 127. The molecule has 0 unspecified atom stereocenters. The average Bonchev–Trinajstić information content (AvgIpc) is 3.00. The highest BCUT2D eigenvalue weighted by Gasteiger charge is 2.04. The molecule has 0 atom stereocenters. The fraction of sp³-hybridized carbons (Fsp3) is 0.125. The Morgan fingerprint density at radius 1 is 1.13 bits per heavy atom. The summed E-state index contributed by atoms with van der Waals surface area (Å²) >= 11 is 2.28. The summed E-state index contributed by atoms with van der Waals surface area (Å²) in [5.41, 5.74) is 1.89. The maximum atomic E-state index is 5.29. The van der Waals surface area contributed by atoms with Gasteiger partial charge >= 0.3 is 0 Å². The zero-order valence-electron chi connectivity index (χ0n) is 12.4. The third kappa shape index (κ3) is 5.11. The molecule has 3 aromatic rings. The zero-order chi connectivity index (χ0) is 15.4. The van der Waals surface area contributed by atoms with Crippen molar-refractivity contribution in [3.63, 3.8) is 0 Å². The summed E-state index contributed by atoms with van der Waals surface area (Å²) in [7, 11) is 0. The fourth-order valence-electron chi connectivity index (χ4n) is 1.97. The van der Waals surface area contributed by atoms with Crippen molar-refractivity contribution in [2.45, 2.75) is 13.5 Å². The Kier molecular flexibility index (Phi) is 6.23. The van der Waals surface area contributed by atoms with Crippen LogP contribution in [0.25, 0.3) is 0 Å². The van der Waals surface area contributed by atoms with Crippen LogP contribution in [0.3, 0.4) is 0 Å². The van der Waals surface area contributed by atoms with Crippen molar-refractivity contribution in [1.82, 2.24) is 9.97 Å². The molecule has 7 heteroatoms. The maximum absolute atomic E-state index is 5.29.